The standard InChI is InChI=1S/C26H25N3O5/c1-16-7-6-10-25-27-21(13-29(16)25)26(31)33-15-22(30)20-11-17(2)28(18(20)3)12-19-14-32-23-8-4-5-9-24(23)34-19/h4-11,13,19H,12,14-15H2,1-3H3. The van der Waals surface area contributed by atoms with Gasteiger partial charge in [-0.1, -0.05) is 18.2 Å². The van der Waals surface area contributed by atoms with Gasteiger partial charge in [0.25, 0.3) is 0 Å². The van der Waals surface area contributed by atoms with Crippen LogP contribution in [-0.4, -0.2) is 45.0 Å². The van der Waals surface area contributed by atoms with E-state index in [0.717, 1.165) is 22.8 Å². The van der Waals surface area contributed by atoms with Crippen LogP contribution in [0.2, 0.25) is 0 Å². The third-order valence-electron chi connectivity index (χ3n) is 6.07. The number of para-hydroxylation sites is 2. The number of imidazole rings is 1. The van der Waals surface area contributed by atoms with Crippen molar-refractivity contribution in [3.63, 3.8) is 0 Å². The molecule has 1 atom stereocenters. The first-order valence-corrected chi connectivity index (χ1v) is 11.1. The number of Topliss-reactive ketones (excluding diaryl/α,β-unsaturated/α-hetero) is 1. The smallest absolute Gasteiger partial charge is 0.359 e. The number of ether oxygens (including phenoxy) is 3. The monoisotopic (exact) mass is 459 g/mol. The van der Waals surface area contributed by atoms with Gasteiger partial charge in [0.2, 0.25) is 5.78 Å². The maximum Gasteiger partial charge on any atom is 0.359 e. The number of esters is 1. The quantitative estimate of drug-likeness (QED) is 0.321. The predicted molar refractivity (Wildman–Crippen MR) is 125 cm³/mol. The Kier molecular flexibility index (Phi) is 5.57. The number of carbonyl (C=O) groups is 2. The highest BCUT2D eigenvalue weighted by molar-refractivity contribution is 6.00. The van der Waals surface area contributed by atoms with Crippen molar-refractivity contribution in [2.24, 2.45) is 0 Å². The molecule has 3 aromatic heterocycles. The number of nitrogens with zero attached hydrogens (tertiary/aromatic N) is 3. The maximum absolute atomic E-state index is 12.9. The summed E-state index contributed by atoms with van der Waals surface area (Å²) in [4.78, 5) is 29.7. The van der Waals surface area contributed by atoms with E-state index in [-0.39, 0.29) is 24.2 Å². The van der Waals surface area contributed by atoms with Gasteiger partial charge in [-0.15, -0.1) is 0 Å². The number of pyridine rings is 1. The van der Waals surface area contributed by atoms with Crippen LogP contribution >= 0.6 is 0 Å². The molecule has 0 aliphatic carbocycles. The summed E-state index contributed by atoms with van der Waals surface area (Å²) in [6, 6.07) is 15.0. The molecule has 1 aromatic carbocycles. The number of aryl methyl sites for hydroxylation is 2. The van der Waals surface area contributed by atoms with Gasteiger partial charge in [-0.25, -0.2) is 9.78 Å². The van der Waals surface area contributed by atoms with E-state index in [1.807, 2.05) is 78.3 Å². The van der Waals surface area contributed by atoms with Gasteiger partial charge in [-0.3, -0.25) is 4.79 Å². The number of benzene rings is 1. The van der Waals surface area contributed by atoms with Crippen LogP contribution in [0, 0.1) is 20.8 Å². The number of ketones is 1. The van der Waals surface area contributed by atoms with Crippen molar-refractivity contribution in [3.05, 3.63) is 83.1 Å². The molecule has 1 aliphatic rings. The minimum Gasteiger partial charge on any atom is -0.486 e. The number of rotatable bonds is 6. The van der Waals surface area contributed by atoms with Gasteiger partial charge in [0, 0.05) is 28.8 Å². The lowest BCUT2D eigenvalue weighted by Gasteiger charge is -2.27. The van der Waals surface area contributed by atoms with Crippen LogP contribution in [0.3, 0.4) is 0 Å². The lowest BCUT2D eigenvalue weighted by atomic mass is 10.1. The van der Waals surface area contributed by atoms with Crippen molar-refractivity contribution >= 4 is 17.4 Å². The molecule has 1 aliphatic heterocycles. The van der Waals surface area contributed by atoms with Gasteiger partial charge in [0.1, 0.15) is 12.3 Å². The molecule has 8 heteroatoms. The molecule has 0 bridgehead atoms. The van der Waals surface area contributed by atoms with Gasteiger partial charge < -0.3 is 23.2 Å². The molecule has 0 radical (unpaired) electrons. The highest BCUT2D eigenvalue weighted by Crippen LogP contribution is 2.31. The maximum atomic E-state index is 12.9. The second-order valence-electron chi connectivity index (χ2n) is 8.41. The van der Waals surface area contributed by atoms with E-state index in [1.165, 1.54) is 0 Å². The number of hydrogen-bond acceptors (Lipinski definition) is 6. The Bertz CT molecular complexity index is 1400. The average Bonchev–Trinajstić information content (AvgIpc) is 3.40. The number of hydrogen-bond donors (Lipinski definition) is 0. The normalized spacial score (nSPS) is 14.9. The van der Waals surface area contributed by atoms with Crippen LogP contribution in [0.4, 0.5) is 0 Å². The van der Waals surface area contributed by atoms with Crippen LogP contribution in [0.15, 0.2) is 54.7 Å². The SMILES string of the molecule is Cc1cc(C(=O)COC(=O)c2cn3c(C)cccc3n2)c(C)n1CC1COc2ccccc2O1. The van der Waals surface area contributed by atoms with Crippen LogP contribution in [0.1, 0.15) is 37.9 Å². The Hall–Kier alpha value is -4.07. The topological polar surface area (TPSA) is 84.1 Å². The average molecular weight is 460 g/mol. The molecular formula is C26H25N3O5. The van der Waals surface area contributed by atoms with E-state index in [0.29, 0.717) is 30.1 Å². The van der Waals surface area contributed by atoms with E-state index in [9.17, 15) is 9.59 Å². The van der Waals surface area contributed by atoms with Gasteiger partial charge in [0.15, 0.2) is 29.9 Å². The third-order valence-corrected chi connectivity index (χ3v) is 6.07. The van der Waals surface area contributed by atoms with E-state index in [4.69, 9.17) is 14.2 Å². The van der Waals surface area contributed by atoms with Crippen LogP contribution in [0.5, 0.6) is 11.5 Å². The lowest BCUT2D eigenvalue weighted by Crippen LogP contribution is -2.33. The summed E-state index contributed by atoms with van der Waals surface area (Å²) >= 11 is 0. The van der Waals surface area contributed by atoms with Crippen LogP contribution in [0.25, 0.3) is 5.65 Å². The predicted octanol–water partition coefficient (Wildman–Crippen LogP) is 3.94. The Balaban J connectivity index is 1.25. The van der Waals surface area contributed by atoms with E-state index >= 15 is 0 Å². The van der Waals surface area contributed by atoms with Crippen molar-refractivity contribution in [2.75, 3.05) is 13.2 Å². The molecule has 174 valence electrons. The summed E-state index contributed by atoms with van der Waals surface area (Å²) in [5.74, 6) is 0.556. The van der Waals surface area contributed by atoms with Gasteiger partial charge >= 0.3 is 5.97 Å². The molecule has 4 heterocycles. The fraction of sp³-hybridized carbons (Fsp3) is 0.269. The zero-order chi connectivity index (χ0) is 23.8. The Morgan fingerprint density at radius 1 is 1.06 bits per heavy atom. The second-order valence-corrected chi connectivity index (χ2v) is 8.41. The molecule has 4 aromatic rings. The summed E-state index contributed by atoms with van der Waals surface area (Å²) in [6.07, 6.45) is 1.44. The number of carbonyl (C=O) groups excluding carboxylic acids is 2. The largest absolute Gasteiger partial charge is 0.486 e. The molecular weight excluding hydrogens is 434 g/mol. The zero-order valence-corrected chi connectivity index (χ0v) is 19.3. The van der Waals surface area contributed by atoms with E-state index in [1.54, 1.807) is 6.20 Å². The van der Waals surface area contributed by atoms with Crippen molar-refractivity contribution < 1.29 is 23.8 Å². The molecule has 0 saturated carbocycles. The molecule has 0 fully saturated rings. The minimum atomic E-state index is -0.628. The molecule has 0 spiro atoms. The molecule has 1 unspecified atom stereocenters. The summed E-state index contributed by atoms with van der Waals surface area (Å²) in [5.41, 5.74) is 4.01. The van der Waals surface area contributed by atoms with Gasteiger partial charge in [-0.05, 0) is 51.1 Å². The fourth-order valence-electron chi connectivity index (χ4n) is 4.25. The van der Waals surface area contributed by atoms with Crippen molar-refractivity contribution in [1.82, 2.24) is 14.0 Å². The molecule has 0 N–H and O–H groups in total. The van der Waals surface area contributed by atoms with E-state index < -0.39 is 5.97 Å². The van der Waals surface area contributed by atoms with Crippen LogP contribution in [-0.2, 0) is 11.3 Å². The first-order valence-electron chi connectivity index (χ1n) is 11.1. The van der Waals surface area contributed by atoms with Crippen molar-refractivity contribution in [2.45, 2.75) is 33.4 Å². The molecule has 0 saturated heterocycles. The number of fused-ring (bicyclic) bond motifs is 2. The fourth-order valence-corrected chi connectivity index (χ4v) is 4.25. The highest BCUT2D eigenvalue weighted by Gasteiger charge is 2.24. The first-order chi connectivity index (χ1) is 16.4. The lowest BCUT2D eigenvalue weighted by molar-refractivity contribution is 0.0469. The summed E-state index contributed by atoms with van der Waals surface area (Å²) in [5, 5.41) is 0. The Labute approximate surface area is 196 Å². The van der Waals surface area contributed by atoms with Gasteiger partial charge in [0.05, 0.1) is 6.54 Å². The molecule has 5 rings (SSSR count). The summed E-state index contributed by atoms with van der Waals surface area (Å²) in [7, 11) is 0. The van der Waals surface area contributed by atoms with E-state index in [2.05, 4.69) is 4.98 Å². The zero-order valence-electron chi connectivity index (χ0n) is 19.3. The van der Waals surface area contributed by atoms with Crippen LogP contribution < -0.4 is 9.47 Å². The molecule has 34 heavy (non-hydrogen) atoms. The minimum absolute atomic E-state index is 0.169. The molecule has 0 amide bonds. The molecule has 8 nitrogen and oxygen atoms in total. The third kappa shape index (κ3) is 4.03. The summed E-state index contributed by atoms with van der Waals surface area (Å²) in [6.45, 7) is 6.35. The van der Waals surface area contributed by atoms with Gasteiger partial charge in [-0.2, -0.15) is 0 Å². The van der Waals surface area contributed by atoms with Crippen molar-refractivity contribution in [1.29, 1.82) is 0 Å². The Morgan fingerprint density at radius 2 is 1.85 bits per heavy atom. The summed E-state index contributed by atoms with van der Waals surface area (Å²) < 4.78 is 21.0. The first kappa shape index (κ1) is 21.8. The highest BCUT2D eigenvalue weighted by atomic mass is 16.6. The van der Waals surface area contributed by atoms with Crippen molar-refractivity contribution in [3.8, 4) is 11.5 Å². The number of aromatic nitrogens is 3. The second kappa shape index (κ2) is 8.70. The Morgan fingerprint density at radius 3 is 2.65 bits per heavy atom.